The van der Waals surface area contributed by atoms with E-state index in [2.05, 4.69) is 15.0 Å². The number of rotatable bonds is 12. The fourth-order valence-corrected chi connectivity index (χ4v) is 4.11. The highest BCUT2D eigenvalue weighted by atomic mass is 32.2. The van der Waals surface area contributed by atoms with E-state index < -0.39 is 23.8 Å². The van der Waals surface area contributed by atoms with Gasteiger partial charge in [-0.15, -0.1) is 0 Å². The van der Waals surface area contributed by atoms with Gasteiger partial charge in [-0.05, 0) is 13.8 Å². The highest BCUT2D eigenvalue weighted by molar-refractivity contribution is 7.85. The Hall–Kier alpha value is -1.63. The number of nitrogens with two attached hydrogens (primary N) is 1. The van der Waals surface area contributed by atoms with E-state index in [1.165, 1.54) is 12.7 Å². The van der Waals surface area contributed by atoms with Crippen LogP contribution in [-0.2, 0) is 39.2 Å². The molecule has 14 heteroatoms. The van der Waals surface area contributed by atoms with Crippen LogP contribution in [0.4, 0.5) is 5.82 Å². The van der Waals surface area contributed by atoms with Gasteiger partial charge in [-0.1, -0.05) is 0 Å². The van der Waals surface area contributed by atoms with Crippen LogP contribution >= 0.6 is 7.60 Å². The van der Waals surface area contributed by atoms with Crippen LogP contribution in [0.1, 0.15) is 13.8 Å². The summed E-state index contributed by atoms with van der Waals surface area (Å²) < 4.78 is 57.8. The van der Waals surface area contributed by atoms with Crippen LogP contribution in [0.2, 0.25) is 0 Å². The van der Waals surface area contributed by atoms with Crippen LogP contribution in [0.5, 0.6) is 0 Å². The number of hydrogen-bond acceptors (Lipinski definition) is 11. The van der Waals surface area contributed by atoms with E-state index in [1.54, 1.807) is 18.4 Å². The smallest absolute Gasteiger partial charge is 0.356 e. The topological polar surface area (TPSA) is 158 Å². The van der Waals surface area contributed by atoms with Crippen LogP contribution in [0, 0.1) is 0 Å². The Bertz CT molecular complexity index is 925. The molecule has 158 valence electrons. The fraction of sp³-hybridized carbons (Fsp3) is 0.643. The summed E-state index contributed by atoms with van der Waals surface area (Å²) in [6.07, 6.45) is 2.51. The van der Waals surface area contributed by atoms with Crippen LogP contribution in [0.3, 0.4) is 0 Å². The number of fused-ring (bicyclic) bond motifs is 1. The van der Waals surface area contributed by atoms with Crippen molar-refractivity contribution in [1.82, 2.24) is 19.5 Å². The SMILES string of the molecule is CCOP(=O)(COC(COS(C)(=O)=O)Cn1cnc2c(N)ncnc21)OCC. The summed E-state index contributed by atoms with van der Waals surface area (Å²) in [5.74, 6) is 0.214. The van der Waals surface area contributed by atoms with Crippen molar-refractivity contribution in [3.05, 3.63) is 12.7 Å². The molecule has 0 aliphatic carbocycles. The van der Waals surface area contributed by atoms with Crippen LogP contribution in [0.15, 0.2) is 12.7 Å². The van der Waals surface area contributed by atoms with Crippen molar-refractivity contribution in [2.75, 3.05) is 38.2 Å². The van der Waals surface area contributed by atoms with Crippen molar-refractivity contribution in [3.8, 4) is 0 Å². The minimum absolute atomic E-state index is 0.112. The molecule has 28 heavy (non-hydrogen) atoms. The molecule has 0 spiro atoms. The molecule has 0 saturated heterocycles. The summed E-state index contributed by atoms with van der Waals surface area (Å²) in [5, 5.41) is 0. The van der Waals surface area contributed by atoms with E-state index in [0.29, 0.717) is 11.2 Å². The zero-order valence-electron chi connectivity index (χ0n) is 15.8. The van der Waals surface area contributed by atoms with Gasteiger partial charge in [0.25, 0.3) is 10.1 Å². The van der Waals surface area contributed by atoms with E-state index >= 15 is 0 Å². The highest BCUT2D eigenvalue weighted by Gasteiger charge is 2.27. The Labute approximate surface area is 163 Å². The van der Waals surface area contributed by atoms with Gasteiger partial charge < -0.3 is 24.1 Å². The Kier molecular flexibility index (Phi) is 7.87. The van der Waals surface area contributed by atoms with Crippen molar-refractivity contribution in [2.24, 2.45) is 0 Å². The van der Waals surface area contributed by atoms with Crippen molar-refractivity contribution >= 4 is 34.7 Å². The van der Waals surface area contributed by atoms with Gasteiger partial charge in [0.2, 0.25) is 0 Å². The van der Waals surface area contributed by atoms with Gasteiger partial charge in [0.05, 0.1) is 38.9 Å². The van der Waals surface area contributed by atoms with Gasteiger partial charge in [-0.2, -0.15) is 8.42 Å². The summed E-state index contributed by atoms with van der Waals surface area (Å²) in [6, 6.07) is 0. The van der Waals surface area contributed by atoms with E-state index in [1.807, 2.05) is 0 Å². The average Bonchev–Trinajstić information content (AvgIpc) is 3.01. The highest BCUT2D eigenvalue weighted by Crippen LogP contribution is 2.48. The second-order valence-corrected chi connectivity index (χ2v) is 9.32. The number of nitrogen functional groups attached to an aromatic ring is 1. The molecule has 12 nitrogen and oxygen atoms in total. The number of nitrogens with zero attached hydrogens (tertiary/aromatic N) is 4. The number of aromatic nitrogens is 4. The standard InChI is InChI=1S/C14H24N5O7PS/c1-4-24-27(20,25-5-2)10-23-11(7-26-28(3,21)22)6-19-9-18-12-13(15)16-8-17-14(12)19/h8-9,11H,4-7,10H2,1-3H3,(H2,15,16,17). The number of imidazole rings is 1. The first-order chi connectivity index (χ1) is 13.2. The maximum Gasteiger partial charge on any atom is 0.356 e. The Morgan fingerprint density at radius 2 is 1.89 bits per heavy atom. The summed E-state index contributed by atoms with van der Waals surface area (Å²) in [7, 11) is -7.18. The zero-order valence-corrected chi connectivity index (χ0v) is 17.6. The lowest BCUT2D eigenvalue weighted by molar-refractivity contribution is 0.0250. The average molecular weight is 437 g/mol. The fourth-order valence-electron chi connectivity index (χ4n) is 2.31. The lowest BCUT2D eigenvalue weighted by Gasteiger charge is -2.22. The molecule has 0 fully saturated rings. The summed E-state index contributed by atoms with van der Waals surface area (Å²) in [6.45, 7) is 3.51. The third kappa shape index (κ3) is 6.47. The molecule has 1 unspecified atom stereocenters. The first-order valence-corrected chi connectivity index (χ1v) is 12.0. The molecule has 0 aliphatic rings. The Morgan fingerprint density at radius 3 is 2.50 bits per heavy atom. The molecule has 0 amide bonds. The minimum atomic E-state index is -3.70. The molecular formula is C14H24N5O7PS. The molecular weight excluding hydrogens is 413 g/mol. The predicted octanol–water partition coefficient (Wildman–Crippen LogP) is 0.993. The number of ether oxygens (including phenoxy) is 1. The maximum absolute atomic E-state index is 12.6. The van der Waals surface area contributed by atoms with Crippen molar-refractivity contribution in [1.29, 1.82) is 0 Å². The van der Waals surface area contributed by atoms with Gasteiger partial charge in [0.15, 0.2) is 11.5 Å². The summed E-state index contributed by atoms with van der Waals surface area (Å²) in [4.78, 5) is 12.1. The third-order valence-corrected chi connectivity index (χ3v) is 5.75. The zero-order chi connectivity index (χ0) is 20.8. The molecule has 2 N–H and O–H groups in total. The van der Waals surface area contributed by atoms with Gasteiger partial charge in [-0.25, -0.2) is 15.0 Å². The summed E-state index contributed by atoms with van der Waals surface area (Å²) in [5.41, 5.74) is 6.61. The molecule has 2 rings (SSSR count). The monoisotopic (exact) mass is 437 g/mol. The molecule has 2 heterocycles. The van der Waals surface area contributed by atoms with Crippen molar-refractivity contribution in [2.45, 2.75) is 26.5 Å². The molecule has 0 radical (unpaired) electrons. The quantitative estimate of drug-likeness (QED) is 0.373. The van der Waals surface area contributed by atoms with E-state index in [-0.39, 0.29) is 38.5 Å². The Morgan fingerprint density at radius 1 is 1.21 bits per heavy atom. The summed E-state index contributed by atoms with van der Waals surface area (Å²) >= 11 is 0. The van der Waals surface area contributed by atoms with Crippen LogP contribution in [0.25, 0.3) is 11.2 Å². The van der Waals surface area contributed by atoms with Gasteiger partial charge in [-0.3, -0.25) is 8.75 Å². The number of anilines is 1. The first kappa shape index (κ1) is 22.7. The normalized spacial score (nSPS) is 13.8. The maximum atomic E-state index is 12.6. The molecule has 1 atom stereocenters. The lowest BCUT2D eigenvalue weighted by atomic mass is 10.3. The molecule has 0 aliphatic heterocycles. The van der Waals surface area contributed by atoms with Gasteiger partial charge in [0.1, 0.15) is 24.3 Å². The van der Waals surface area contributed by atoms with Crippen LogP contribution in [-0.4, -0.2) is 66.5 Å². The molecule has 0 bridgehead atoms. The second kappa shape index (κ2) is 9.72. The molecule has 0 saturated carbocycles. The molecule has 2 aromatic rings. The van der Waals surface area contributed by atoms with Crippen LogP contribution < -0.4 is 5.73 Å². The minimum Gasteiger partial charge on any atom is -0.382 e. The number of hydrogen-bond donors (Lipinski definition) is 1. The van der Waals surface area contributed by atoms with Gasteiger partial charge in [0, 0.05) is 0 Å². The van der Waals surface area contributed by atoms with E-state index in [4.69, 9.17) is 23.7 Å². The van der Waals surface area contributed by atoms with E-state index in [0.717, 1.165) is 6.26 Å². The van der Waals surface area contributed by atoms with Crippen molar-refractivity contribution in [3.63, 3.8) is 0 Å². The Balaban J connectivity index is 2.18. The first-order valence-electron chi connectivity index (χ1n) is 8.43. The molecule has 2 aromatic heterocycles. The van der Waals surface area contributed by atoms with Crippen molar-refractivity contribution < 1.29 is 31.0 Å². The van der Waals surface area contributed by atoms with E-state index in [9.17, 15) is 13.0 Å². The third-order valence-electron chi connectivity index (χ3n) is 3.42. The molecule has 0 aromatic carbocycles. The predicted molar refractivity (Wildman–Crippen MR) is 101 cm³/mol. The largest absolute Gasteiger partial charge is 0.382 e. The lowest BCUT2D eigenvalue weighted by Crippen LogP contribution is -2.28. The van der Waals surface area contributed by atoms with Gasteiger partial charge >= 0.3 is 7.60 Å². The second-order valence-electron chi connectivity index (χ2n) is 5.68.